The first kappa shape index (κ1) is 28.3. The maximum absolute atomic E-state index is 13.8. The molecule has 0 unspecified atom stereocenters. The molecule has 2 aliphatic rings. The Morgan fingerprint density at radius 2 is 1.64 bits per heavy atom. The van der Waals surface area contributed by atoms with E-state index in [1.165, 1.54) is 29.2 Å². The predicted octanol–water partition coefficient (Wildman–Crippen LogP) is 5.06. The highest BCUT2D eigenvalue weighted by molar-refractivity contribution is 6.07. The van der Waals surface area contributed by atoms with E-state index in [1.807, 2.05) is 32.9 Å². The van der Waals surface area contributed by atoms with Crippen molar-refractivity contribution in [1.29, 1.82) is 0 Å². The van der Waals surface area contributed by atoms with E-state index in [1.54, 1.807) is 17.0 Å². The van der Waals surface area contributed by atoms with Gasteiger partial charge in [0.2, 0.25) is 0 Å². The third kappa shape index (κ3) is 6.46. The molecule has 0 aromatic heterocycles. The summed E-state index contributed by atoms with van der Waals surface area (Å²) in [7, 11) is 0. The van der Waals surface area contributed by atoms with Crippen LogP contribution < -0.4 is 9.64 Å². The van der Waals surface area contributed by atoms with Crippen LogP contribution in [0.15, 0.2) is 48.5 Å². The molecule has 2 aromatic carbocycles. The van der Waals surface area contributed by atoms with Crippen molar-refractivity contribution in [3.05, 3.63) is 59.7 Å². The number of ether oxygens (including phenoxy) is 1. The van der Waals surface area contributed by atoms with Crippen molar-refractivity contribution < 1.29 is 37.4 Å². The number of halogens is 3. The molecule has 2 heterocycles. The van der Waals surface area contributed by atoms with E-state index in [0.29, 0.717) is 37.1 Å². The fourth-order valence-corrected chi connectivity index (χ4v) is 5.25. The average molecular weight is 548 g/mol. The van der Waals surface area contributed by atoms with E-state index in [-0.39, 0.29) is 36.6 Å². The number of rotatable bonds is 7. The number of piperidine rings is 1. The molecule has 39 heavy (non-hydrogen) atoms. The molecule has 8 nitrogen and oxygen atoms in total. The van der Waals surface area contributed by atoms with Crippen LogP contribution in [-0.4, -0.2) is 64.3 Å². The number of amides is 3. The van der Waals surface area contributed by atoms with Gasteiger partial charge in [-0.15, -0.1) is 13.2 Å². The van der Waals surface area contributed by atoms with E-state index in [9.17, 15) is 27.6 Å². The van der Waals surface area contributed by atoms with Gasteiger partial charge >= 0.3 is 18.4 Å². The standard InChI is InChI=1S/C28H32F3N3O5/c1-26(2,3)18-33-24(37)27(11-13-32(14-12-27)21-6-4-5-20(15-21)16-23(35)36)34(25(33)38)17-19-7-9-22(10-8-19)39-28(29,30)31/h4-10,15H,11-14,16-18H2,1-3H3,(H,35,36). The molecule has 3 amide bonds. The number of aliphatic carboxylic acids is 1. The lowest BCUT2D eigenvalue weighted by molar-refractivity contribution is -0.274. The Labute approximate surface area is 224 Å². The van der Waals surface area contributed by atoms with Crippen molar-refractivity contribution in [2.45, 2.75) is 58.5 Å². The lowest BCUT2D eigenvalue weighted by Crippen LogP contribution is -2.56. The number of carbonyl (C=O) groups is 3. The minimum absolute atomic E-state index is 0.0611. The fraction of sp³-hybridized carbons (Fsp3) is 0.464. The summed E-state index contributed by atoms with van der Waals surface area (Å²) < 4.78 is 41.6. The summed E-state index contributed by atoms with van der Waals surface area (Å²) >= 11 is 0. The van der Waals surface area contributed by atoms with Gasteiger partial charge in [0.25, 0.3) is 5.91 Å². The molecule has 4 rings (SSSR count). The zero-order valence-electron chi connectivity index (χ0n) is 22.1. The summed E-state index contributed by atoms with van der Waals surface area (Å²) in [5.74, 6) is -1.55. The first-order valence-electron chi connectivity index (χ1n) is 12.7. The van der Waals surface area contributed by atoms with E-state index in [2.05, 4.69) is 9.64 Å². The minimum Gasteiger partial charge on any atom is -0.481 e. The smallest absolute Gasteiger partial charge is 0.481 e. The molecule has 2 aliphatic heterocycles. The van der Waals surface area contributed by atoms with Crippen LogP contribution in [0.5, 0.6) is 5.75 Å². The number of carboxylic acid groups (broad SMARTS) is 1. The van der Waals surface area contributed by atoms with Crippen LogP contribution in [0.2, 0.25) is 0 Å². The Balaban J connectivity index is 1.58. The number of carbonyl (C=O) groups excluding carboxylic acids is 2. The van der Waals surface area contributed by atoms with E-state index < -0.39 is 23.9 Å². The highest BCUT2D eigenvalue weighted by atomic mass is 19.4. The highest BCUT2D eigenvalue weighted by Crippen LogP contribution is 2.40. The molecular weight excluding hydrogens is 515 g/mol. The molecule has 0 aliphatic carbocycles. The molecule has 0 atom stereocenters. The van der Waals surface area contributed by atoms with Gasteiger partial charge < -0.3 is 19.6 Å². The molecule has 1 N–H and O–H groups in total. The molecule has 2 fully saturated rings. The first-order chi connectivity index (χ1) is 18.2. The van der Waals surface area contributed by atoms with Crippen molar-refractivity contribution in [3.8, 4) is 5.75 Å². The molecule has 210 valence electrons. The average Bonchev–Trinajstić information content (AvgIpc) is 3.00. The molecule has 0 radical (unpaired) electrons. The maximum atomic E-state index is 13.8. The minimum atomic E-state index is -4.81. The van der Waals surface area contributed by atoms with Crippen LogP contribution in [0.25, 0.3) is 0 Å². The fourth-order valence-electron chi connectivity index (χ4n) is 5.25. The van der Waals surface area contributed by atoms with Crippen LogP contribution in [0.3, 0.4) is 0 Å². The molecule has 11 heteroatoms. The monoisotopic (exact) mass is 547 g/mol. The van der Waals surface area contributed by atoms with Crippen LogP contribution in [-0.2, 0) is 22.6 Å². The Hall–Kier alpha value is -3.76. The Morgan fingerprint density at radius 1 is 1.00 bits per heavy atom. The number of nitrogens with zero attached hydrogens (tertiary/aromatic N) is 3. The lowest BCUT2D eigenvalue weighted by Gasteiger charge is -2.43. The van der Waals surface area contributed by atoms with Gasteiger partial charge in [0, 0.05) is 31.9 Å². The number of carboxylic acids is 1. The summed E-state index contributed by atoms with van der Waals surface area (Å²) in [6.45, 7) is 7.05. The molecule has 1 spiro atoms. The highest BCUT2D eigenvalue weighted by Gasteiger charge is 2.58. The Bertz CT molecular complexity index is 1230. The summed E-state index contributed by atoms with van der Waals surface area (Å²) in [6, 6.07) is 12.1. The van der Waals surface area contributed by atoms with Gasteiger partial charge in [0.15, 0.2) is 0 Å². The lowest BCUT2D eigenvalue weighted by atomic mass is 9.85. The van der Waals surface area contributed by atoms with Crippen molar-refractivity contribution >= 4 is 23.6 Å². The van der Waals surface area contributed by atoms with Crippen molar-refractivity contribution in [2.75, 3.05) is 24.5 Å². The molecule has 0 saturated carbocycles. The molecular formula is C28H32F3N3O5. The second kappa shape index (κ2) is 10.4. The Kier molecular flexibility index (Phi) is 7.55. The molecule has 0 bridgehead atoms. The third-order valence-corrected chi connectivity index (χ3v) is 6.97. The van der Waals surface area contributed by atoms with Crippen molar-refractivity contribution in [1.82, 2.24) is 9.80 Å². The topological polar surface area (TPSA) is 90.4 Å². The van der Waals surface area contributed by atoms with Gasteiger partial charge in [0.1, 0.15) is 11.3 Å². The van der Waals surface area contributed by atoms with Crippen LogP contribution in [0.4, 0.5) is 23.7 Å². The number of imide groups is 1. The molecule has 2 aromatic rings. The summed E-state index contributed by atoms with van der Waals surface area (Å²) in [6.07, 6.45) is -4.19. The van der Waals surface area contributed by atoms with Crippen LogP contribution in [0.1, 0.15) is 44.7 Å². The number of urea groups is 1. The second-order valence-electron chi connectivity index (χ2n) is 11.3. The van der Waals surface area contributed by atoms with Gasteiger partial charge in [-0.05, 0) is 53.6 Å². The van der Waals surface area contributed by atoms with Gasteiger partial charge in [0.05, 0.1) is 6.42 Å². The van der Waals surface area contributed by atoms with Gasteiger partial charge in [-0.1, -0.05) is 45.0 Å². The van der Waals surface area contributed by atoms with Crippen LogP contribution in [0, 0.1) is 5.41 Å². The van der Waals surface area contributed by atoms with E-state index in [0.717, 1.165) is 5.69 Å². The SMILES string of the molecule is CC(C)(C)CN1C(=O)N(Cc2ccc(OC(F)(F)F)cc2)C2(CCN(c3cccc(CC(=O)O)c3)CC2)C1=O. The number of hydrogen-bond acceptors (Lipinski definition) is 5. The molecule has 2 saturated heterocycles. The van der Waals surface area contributed by atoms with Gasteiger partial charge in [-0.3, -0.25) is 14.5 Å². The van der Waals surface area contributed by atoms with Gasteiger partial charge in [-0.25, -0.2) is 4.79 Å². The summed E-state index contributed by atoms with van der Waals surface area (Å²) in [4.78, 5) is 43.5. The summed E-state index contributed by atoms with van der Waals surface area (Å²) in [5.41, 5.74) is 0.678. The summed E-state index contributed by atoms with van der Waals surface area (Å²) in [5, 5.41) is 9.13. The van der Waals surface area contributed by atoms with E-state index >= 15 is 0 Å². The zero-order valence-corrected chi connectivity index (χ0v) is 22.1. The number of benzene rings is 2. The Morgan fingerprint density at radius 3 is 2.21 bits per heavy atom. The quantitative estimate of drug-likeness (QED) is 0.488. The normalized spacial score (nSPS) is 17.7. The number of anilines is 1. The number of alkyl halides is 3. The predicted molar refractivity (Wildman–Crippen MR) is 137 cm³/mol. The maximum Gasteiger partial charge on any atom is 0.573 e. The largest absolute Gasteiger partial charge is 0.573 e. The van der Waals surface area contributed by atoms with Crippen molar-refractivity contribution in [3.63, 3.8) is 0 Å². The van der Waals surface area contributed by atoms with Gasteiger partial charge in [-0.2, -0.15) is 0 Å². The third-order valence-electron chi connectivity index (χ3n) is 6.97. The number of hydrogen-bond donors (Lipinski definition) is 1. The van der Waals surface area contributed by atoms with E-state index in [4.69, 9.17) is 5.11 Å². The van der Waals surface area contributed by atoms with Crippen LogP contribution >= 0.6 is 0 Å². The second-order valence-corrected chi connectivity index (χ2v) is 11.3. The zero-order chi connectivity index (χ0) is 28.6. The first-order valence-corrected chi connectivity index (χ1v) is 12.7. The van der Waals surface area contributed by atoms with Crippen molar-refractivity contribution in [2.24, 2.45) is 5.41 Å².